The molecular formula is C11H15N3O2. The van der Waals surface area contributed by atoms with Crippen LogP contribution in [0.3, 0.4) is 0 Å². The van der Waals surface area contributed by atoms with Crippen molar-refractivity contribution in [3.05, 3.63) is 17.8 Å². The minimum atomic E-state index is 0.157. The van der Waals surface area contributed by atoms with Crippen LogP contribution in [-0.4, -0.2) is 35.6 Å². The molecule has 2 fully saturated rings. The number of nitrogens with zero attached hydrogens (tertiary/aromatic N) is 2. The van der Waals surface area contributed by atoms with Gasteiger partial charge in [0.1, 0.15) is 6.10 Å². The summed E-state index contributed by atoms with van der Waals surface area (Å²) in [6, 6.07) is 4.52. The highest BCUT2D eigenvalue weighted by Crippen LogP contribution is 2.19. The molecule has 1 saturated heterocycles. The number of ether oxygens (including phenoxy) is 2. The van der Waals surface area contributed by atoms with E-state index in [0.717, 1.165) is 12.2 Å². The van der Waals surface area contributed by atoms with Crippen LogP contribution in [0.1, 0.15) is 18.5 Å². The maximum Gasteiger partial charge on any atom is 0.233 e. The van der Waals surface area contributed by atoms with Crippen LogP contribution in [0.5, 0.6) is 5.88 Å². The first kappa shape index (κ1) is 9.99. The summed E-state index contributed by atoms with van der Waals surface area (Å²) in [5, 5.41) is 11.5. The summed E-state index contributed by atoms with van der Waals surface area (Å²) in [5.41, 5.74) is 0.962. The van der Waals surface area contributed by atoms with Crippen molar-refractivity contribution in [1.82, 2.24) is 15.5 Å². The van der Waals surface area contributed by atoms with Crippen molar-refractivity contribution in [3.8, 4) is 5.88 Å². The molecule has 0 amide bonds. The summed E-state index contributed by atoms with van der Waals surface area (Å²) >= 11 is 0. The van der Waals surface area contributed by atoms with Crippen LogP contribution in [0.25, 0.3) is 0 Å². The number of hydrogen-bond acceptors (Lipinski definition) is 5. The molecule has 1 aromatic heterocycles. The highest BCUT2D eigenvalue weighted by atomic mass is 16.6. The Morgan fingerprint density at radius 2 is 2.19 bits per heavy atom. The van der Waals surface area contributed by atoms with Crippen LogP contribution in [0.4, 0.5) is 0 Å². The fourth-order valence-corrected chi connectivity index (χ4v) is 1.49. The highest BCUT2D eigenvalue weighted by Gasteiger charge is 2.21. The van der Waals surface area contributed by atoms with Gasteiger partial charge in [0.2, 0.25) is 5.88 Å². The van der Waals surface area contributed by atoms with Gasteiger partial charge in [-0.15, -0.1) is 5.10 Å². The third-order valence-corrected chi connectivity index (χ3v) is 2.74. The molecule has 0 radical (unpaired) electrons. The van der Waals surface area contributed by atoms with E-state index in [9.17, 15) is 0 Å². The first-order valence-corrected chi connectivity index (χ1v) is 5.70. The van der Waals surface area contributed by atoms with E-state index in [0.29, 0.717) is 25.1 Å². The van der Waals surface area contributed by atoms with Crippen molar-refractivity contribution in [3.63, 3.8) is 0 Å². The van der Waals surface area contributed by atoms with Crippen molar-refractivity contribution in [2.45, 2.75) is 31.5 Å². The minimum Gasteiger partial charge on any atom is -0.468 e. The Kier molecular flexibility index (Phi) is 2.71. The molecule has 5 nitrogen and oxygen atoms in total. The van der Waals surface area contributed by atoms with E-state index in [4.69, 9.17) is 9.47 Å². The SMILES string of the molecule is c1cc(OC2COC2)nnc1CNC1CC1. The molecule has 1 aliphatic heterocycles. The largest absolute Gasteiger partial charge is 0.468 e. The average Bonchev–Trinajstić information content (AvgIpc) is 3.06. The second-order valence-electron chi connectivity index (χ2n) is 4.30. The maximum atomic E-state index is 5.52. The van der Waals surface area contributed by atoms with Crippen LogP contribution in [0.15, 0.2) is 12.1 Å². The van der Waals surface area contributed by atoms with Gasteiger partial charge in [0.15, 0.2) is 0 Å². The molecule has 0 aromatic carbocycles. The lowest BCUT2D eigenvalue weighted by Crippen LogP contribution is -2.38. The van der Waals surface area contributed by atoms with Crippen molar-refractivity contribution >= 4 is 0 Å². The number of hydrogen-bond donors (Lipinski definition) is 1. The molecule has 5 heteroatoms. The molecule has 16 heavy (non-hydrogen) atoms. The Morgan fingerprint density at radius 3 is 2.75 bits per heavy atom. The Balaban J connectivity index is 1.51. The predicted octanol–water partition coefficient (Wildman–Crippen LogP) is 0.506. The standard InChI is InChI=1S/C11H15N3O2/c1-2-8(1)12-5-9-3-4-11(14-13-9)16-10-6-15-7-10/h3-4,8,10,12H,1-2,5-7H2. The first-order chi connectivity index (χ1) is 7.90. The van der Waals surface area contributed by atoms with Crippen molar-refractivity contribution in [1.29, 1.82) is 0 Å². The molecule has 0 unspecified atom stereocenters. The van der Waals surface area contributed by atoms with Crippen molar-refractivity contribution < 1.29 is 9.47 Å². The Hall–Kier alpha value is -1.20. The van der Waals surface area contributed by atoms with Crippen LogP contribution in [0.2, 0.25) is 0 Å². The van der Waals surface area contributed by atoms with Gasteiger partial charge in [0, 0.05) is 18.7 Å². The summed E-state index contributed by atoms with van der Waals surface area (Å²) in [6.07, 6.45) is 2.73. The second-order valence-corrected chi connectivity index (χ2v) is 4.30. The van der Waals surface area contributed by atoms with Crippen molar-refractivity contribution in [2.75, 3.05) is 13.2 Å². The van der Waals surface area contributed by atoms with Crippen molar-refractivity contribution in [2.24, 2.45) is 0 Å². The molecule has 1 aliphatic carbocycles. The van der Waals surface area contributed by atoms with E-state index in [2.05, 4.69) is 15.5 Å². The molecular weight excluding hydrogens is 206 g/mol. The Labute approximate surface area is 94.2 Å². The molecule has 0 spiro atoms. The zero-order valence-electron chi connectivity index (χ0n) is 9.06. The van der Waals surface area contributed by atoms with Gasteiger partial charge in [0.25, 0.3) is 0 Å². The molecule has 1 aromatic rings. The van der Waals surface area contributed by atoms with Crippen LogP contribution >= 0.6 is 0 Å². The molecule has 0 atom stereocenters. The molecule has 1 N–H and O–H groups in total. The quantitative estimate of drug-likeness (QED) is 0.785. The van der Waals surface area contributed by atoms with Crippen LogP contribution < -0.4 is 10.1 Å². The lowest BCUT2D eigenvalue weighted by atomic mass is 10.3. The lowest BCUT2D eigenvalue weighted by Gasteiger charge is -2.25. The van der Waals surface area contributed by atoms with Gasteiger partial charge in [-0.25, -0.2) is 0 Å². The number of nitrogens with one attached hydrogen (secondary N) is 1. The molecule has 1 saturated carbocycles. The van der Waals surface area contributed by atoms with Gasteiger partial charge in [-0.05, 0) is 18.9 Å². The zero-order valence-corrected chi connectivity index (χ0v) is 9.06. The third kappa shape index (κ3) is 2.48. The summed E-state index contributed by atoms with van der Waals surface area (Å²) in [7, 11) is 0. The monoisotopic (exact) mass is 221 g/mol. The number of aromatic nitrogens is 2. The summed E-state index contributed by atoms with van der Waals surface area (Å²) in [6.45, 7) is 2.11. The minimum absolute atomic E-state index is 0.157. The summed E-state index contributed by atoms with van der Waals surface area (Å²) in [5.74, 6) is 0.587. The molecule has 86 valence electrons. The number of rotatable bonds is 5. The molecule has 2 heterocycles. The van der Waals surface area contributed by atoms with E-state index in [1.165, 1.54) is 12.8 Å². The van der Waals surface area contributed by atoms with Gasteiger partial charge in [-0.3, -0.25) is 0 Å². The van der Waals surface area contributed by atoms with E-state index < -0.39 is 0 Å². The van der Waals surface area contributed by atoms with Gasteiger partial charge in [0.05, 0.1) is 18.9 Å². The highest BCUT2D eigenvalue weighted by molar-refractivity contribution is 5.12. The van der Waals surface area contributed by atoms with Gasteiger partial charge in [-0.1, -0.05) is 0 Å². The van der Waals surface area contributed by atoms with Crippen LogP contribution in [-0.2, 0) is 11.3 Å². The van der Waals surface area contributed by atoms with E-state index in [-0.39, 0.29) is 6.10 Å². The Morgan fingerprint density at radius 1 is 1.31 bits per heavy atom. The maximum absolute atomic E-state index is 5.52. The van der Waals surface area contributed by atoms with Gasteiger partial charge in [-0.2, -0.15) is 5.10 Å². The molecule has 3 rings (SSSR count). The van der Waals surface area contributed by atoms with Crippen LogP contribution in [0, 0.1) is 0 Å². The lowest BCUT2D eigenvalue weighted by molar-refractivity contribution is -0.0816. The topological polar surface area (TPSA) is 56.3 Å². The fraction of sp³-hybridized carbons (Fsp3) is 0.636. The van der Waals surface area contributed by atoms with Gasteiger partial charge < -0.3 is 14.8 Å². The smallest absolute Gasteiger partial charge is 0.233 e. The molecule has 0 bridgehead atoms. The van der Waals surface area contributed by atoms with E-state index >= 15 is 0 Å². The van der Waals surface area contributed by atoms with E-state index in [1.807, 2.05) is 12.1 Å². The summed E-state index contributed by atoms with van der Waals surface area (Å²) in [4.78, 5) is 0. The van der Waals surface area contributed by atoms with Gasteiger partial charge >= 0.3 is 0 Å². The molecule has 2 aliphatic rings. The predicted molar refractivity (Wildman–Crippen MR) is 57.1 cm³/mol. The normalized spacial score (nSPS) is 20.5. The first-order valence-electron chi connectivity index (χ1n) is 5.70. The summed E-state index contributed by atoms with van der Waals surface area (Å²) < 4.78 is 10.5. The fourth-order valence-electron chi connectivity index (χ4n) is 1.49. The Bertz CT molecular complexity index is 347. The second kappa shape index (κ2) is 4.35. The average molecular weight is 221 g/mol. The zero-order chi connectivity index (χ0) is 10.8. The third-order valence-electron chi connectivity index (χ3n) is 2.74. The van der Waals surface area contributed by atoms with E-state index in [1.54, 1.807) is 0 Å².